The lowest BCUT2D eigenvalue weighted by Gasteiger charge is -2.32. The third-order valence-electron chi connectivity index (χ3n) is 7.82. The number of ether oxygens (including phenoxy) is 3. The van der Waals surface area contributed by atoms with Crippen LogP contribution in [0, 0.1) is 12.4 Å². The van der Waals surface area contributed by atoms with E-state index in [1.54, 1.807) is 37.4 Å². The molecule has 2 aliphatic heterocycles. The third-order valence-corrected chi connectivity index (χ3v) is 7.82. The average Bonchev–Trinajstić information content (AvgIpc) is 3.57. The van der Waals surface area contributed by atoms with Gasteiger partial charge in [-0.1, -0.05) is 24.3 Å². The Bertz CT molecular complexity index is 1650. The van der Waals surface area contributed by atoms with E-state index in [4.69, 9.17) is 25.8 Å². The second-order valence-electron chi connectivity index (χ2n) is 10.3. The molecule has 2 aliphatic rings. The summed E-state index contributed by atoms with van der Waals surface area (Å²) in [5, 5.41) is 9.45. The summed E-state index contributed by atoms with van der Waals surface area (Å²) in [6.45, 7) is 10.5. The van der Waals surface area contributed by atoms with Gasteiger partial charge in [-0.25, -0.2) is 19.0 Å². The first kappa shape index (κ1) is 26.7. The molecule has 41 heavy (non-hydrogen) atoms. The number of piperidine rings is 1. The predicted octanol–water partition coefficient (Wildman–Crippen LogP) is 5.92. The van der Waals surface area contributed by atoms with Crippen LogP contribution in [0.25, 0.3) is 15.9 Å². The van der Waals surface area contributed by atoms with Crippen molar-refractivity contribution in [1.82, 2.24) is 14.5 Å². The smallest absolute Gasteiger partial charge is 0.335 e. The topological polar surface area (TPSA) is 90.4 Å². The molecule has 0 bridgehead atoms. The number of carboxylic acid groups (broad SMARTS) is 1. The van der Waals surface area contributed by atoms with Crippen molar-refractivity contribution in [2.45, 2.75) is 38.1 Å². The maximum Gasteiger partial charge on any atom is 0.335 e. The van der Waals surface area contributed by atoms with Gasteiger partial charge < -0.3 is 23.9 Å². The van der Waals surface area contributed by atoms with Crippen LogP contribution in [0.4, 0.5) is 10.1 Å². The maximum atomic E-state index is 14.7. The monoisotopic (exact) mass is 556 g/mol. The molecule has 0 radical (unpaired) electrons. The van der Waals surface area contributed by atoms with E-state index in [0.29, 0.717) is 31.2 Å². The van der Waals surface area contributed by atoms with Crippen molar-refractivity contribution < 1.29 is 28.5 Å². The van der Waals surface area contributed by atoms with E-state index < -0.39 is 18.1 Å². The summed E-state index contributed by atoms with van der Waals surface area (Å²) in [4.78, 5) is 22.0. The highest BCUT2D eigenvalue weighted by atomic mass is 19.1. The van der Waals surface area contributed by atoms with Gasteiger partial charge in [0, 0.05) is 19.2 Å². The van der Waals surface area contributed by atoms with Gasteiger partial charge in [0.2, 0.25) is 0 Å². The number of aromatic nitrogens is 2. The Labute approximate surface area is 236 Å². The molecule has 1 N–H and O–H groups in total. The van der Waals surface area contributed by atoms with Crippen molar-refractivity contribution >= 4 is 22.7 Å². The second kappa shape index (κ2) is 11.2. The van der Waals surface area contributed by atoms with Crippen LogP contribution < -0.4 is 9.47 Å². The summed E-state index contributed by atoms with van der Waals surface area (Å²) in [5.74, 6) is 0.886. The Morgan fingerprint density at radius 1 is 1.15 bits per heavy atom. The normalized spacial score (nSPS) is 17.1. The minimum atomic E-state index is -0.966. The number of imidazole rings is 1. The summed E-state index contributed by atoms with van der Waals surface area (Å²) in [6, 6.07) is 15.1. The summed E-state index contributed by atoms with van der Waals surface area (Å²) in [5.41, 5.74) is 3.34. The van der Waals surface area contributed by atoms with Crippen LogP contribution in [0.5, 0.6) is 11.5 Å². The quantitative estimate of drug-likeness (QED) is 0.270. The van der Waals surface area contributed by atoms with E-state index >= 15 is 0 Å². The molecule has 10 heteroatoms. The molecule has 3 heterocycles. The van der Waals surface area contributed by atoms with Gasteiger partial charge in [-0.15, -0.1) is 0 Å². The molecule has 6 rings (SSSR count). The molecular weight excluding hydrogens is 527 g/mol. The van der Waals surface area contributed by atoms with Gasteiger partial charge in [0.05, 0.1) is 41.9 Å². The molecule has 1 atom stereocenters. The number of hydrogen-bond donors (Lipinski definition) is 1. The summed E-state index contributed by atoms with van der Waals surface area (Å²) < 4.78 is 34.1. The Morgan fingerprint density at radius 2 is 1.98 bits per heavy atom. The molecule has 0 saturated carbocycles. The van der Waals surface area contributed by atoms with Crippen LogP contribution in [-0.4, -0.2) is 52.3 Å². The van der Waals surface area contributed by atoms with Crippen LogP contribution in [-0.2, 0) is 17.8 Å². The highest BCUT2D eigenvalue weighted by molar-refractivity contribution is 5.92. The molecule has 9 nitrogen and oxygen atoms in total. The van der Waals surface area contributed by atoms with Crippen LogP contribution in [0.15, 0.2) is 54.6 Å². The van der Waals surface area contributed by atoms with Crippen molar-refractivity contribution in [3.05, 3.63) is 94.3 Å². The van der Waals surface area contributed by atoms with Gasteiger partial charge >= 0.3 is 5.97 Å². The molecular formula is C31H29FN4O5. The van der Waals surface area contributed by atoms with Gasteiger partial charge in [-0.3, -0.25) is 4.90 Å². The van der Waals surface area contributed by atoms with Crippen LogP contribution in [0.2, 0.25) is 0 Å². The fourth-order valence-corrected chi connectivity index (χ4v) is 5.68. The van der Waals surface area contributed by atoms with Gasteiger partial charge in [-0.2, -0.15) is 0 Å². The average molecular weight is 557 g/mol. The minimum absolute atomic E-state index is 0.230. The molecule has 1 unspecified atom stereocenters. The third kappa shape index (κ3) is 5.22. The number of nitrogens with zero attached hydrogens (tertiary/aromatic N) is 4. The Hall–Kier alpha value is -4.46. The van der Waals surface area contributed by atoms with Crippen LogP contribution in [0.1, 0.15) is 52.4 Å². The number of rotatable bonds is 8. The van der Waals surface area contributed by atoms with Gasteiger partial charge in [0.25, 0.3) is 6.29 Å². The standard InChI is InChI=1S/C31H29FN4O5/c1-33-21-7-8-23(24(32)17-21)31-40-27-5-3-4-22(29(27)41-31)19-10-12-35(13-11-19)18-28-34-25-9-6-20(30(37)38)16-26(25)36(28)14-15-39-2/h3-9,16-17,19,31H,10-15,18H2,2H3,(H,37,38). The number of carboxylic acids is 1. The molecule has 0 aliphatic carbocycles. The number of methoxy groups -OCH3 is 1. The number of aromatic carboxylic acids is 1. The lowest BCUT2D eigenvalue weighted by Crippen LogP contribution is -2.33. The van der Waals surface area contributed by atoms with Crippen molar-refractivity contribution in [2.75, 3.05) is 26.8 Å². The fourth-order valence-electron chi connectivity index (χ4n) is 5.68. The Kier molecular flexibility index (Phi) is 7.30. The van der Waals surface area contributed by atoms with Gasteiger partial charge in [0.1, 0.15) is 11.6 Å². The molecule has 0 spiro atoms. The zero-order valence-electron chi connectivity index (χ0n) is 22.5. The minimum Gasteiger partial charge on any atom is -0.478 e. The SMILES string of the molecule is [C-]#[N+]c1ccc(C2Oc3cccc(C4CCN(Cc5nc6ccc(C(=O)O)cc6n5CCOC)CC4)c3O2)c(F)c1. The molecule has 1 fully saturated rings. The summed E-state index contributed by atoms with van der Waals surface area (Å²) >= 11 is 0. The van der Waals surface area contributed by atoms with Crippen molar-refractivity contribution in [2.24, 2.45) is 0 Å². The summed E-state index contributed by atoms with van der Waals surface area (Å²) in [6.07, 6.45) is 0.910. The maximum absolute atomic E-state index is 14.7. The van der Waals surface area contributed by atoms with E-state index in [-0.39, 0.29) is 22.7 Å². The lowest BCUT2D eigenvalue weighted by atomic mass is 9.88. The first-order chi connectivity index (χ1) is 19.9. The molecule has 0 amide bonds. The number of fused-ring (bicyclic) bond motifs is 2. The van der Waals surface area contributed by atoms with E-state index in [0.717, 1.165) is 48.4 Å². The molecule has 3 aromatic carbocycles. The van der Waals surface area contributed by atoms with Gasteiger partial charge in [0.15, 0.2) is 17.2 Å². The highest BCUT2D eigenvalue weighted by Crippen LogP contribution is 2.47. The lowest BCUT2D eigenvalue weighted by molar-refractivity contribution is 0.0445. The number of likely N-dealkylation sites (tertiary alicyclic amines) is 1. The van der Waals surface area contributed by atoms with Crippen LogP contribution >= 0.6 is 0 Å². The number of para-hydroxylation sites is 1. The van der Waals surface area contributed by atoms with E-state index in [1.165, 1.54) is 6.07 Å². The second-order valence-corrected chi connectivity index (χ2v) is 10.3. The summed E-state index contributed by atoms with van der Waals surface area (Å²) in [7, 11) is 1.64. The van der Waals surface area contributed by atoms with Crippen molar-refractivity contribution in [3.8, 4) is 11.5 Å². The number of halogens is 1. The molecule has 1 aromatic heterocycles. The molecule has 210 valence electrons. The number of benzene rings is 3. The Morgan fingerprint density at radius 3 is 2.71 bits per heavy atom. The predicted molar refractivity (Wildman–Crippen MR) is 149 cm³/mol. The highest BCUT2D eigenvalue weighted by Gasteiger charge is 2.33. The van der Waals surface area contributed by atoms with Gasteiger partial charge in [-0.05, 0) is 62.2 Å². The zero-order chi connectivity index (χ0) is 28.5. The van der Waals surface area contributed by atoms with E-state index in [2.05, 4.69) is 14.3 Å². The number of hydrogen-bond acceptors (Lipinski definition) is 6. The van der Waals surface area contributed by atoms with Crippen molar-refractivity contribution in [1.29, 1.82) is 0 Å². The fraction of sp³-hybridized carbons (Fsp3) is 0.323. The van der Waals surface area contributed by atoms with E-state index in [1.807, 2.05) is 18.2 Å². The largest absolute Gasteiger partial charge is 0.478 e. The first-order valence-corrected chi connectivity index (χ1v) is 13.5. The molecule has 4 aromatic rings. The first-order valence-electron chi connectivity index (χ1n) is 13.5. The Balaban J connectivity index is 1.16. The zero-order valence-corrected chi connectivity index (χ0v) is 22.5. The van der Waals surface area contributed by atoms with Crippen molar-refractivity contribution in [3.63, 3.8) is 0 Å². The molecule has 1 saturated heterocycles. The van der Waals surface area contributed by atoms with E-state index in [9.17, 15) is 14.3 Å². The van der Waals surface area contributed by atoms with Crippen LogP contribution in [0.3, 0.4) is 0 Å². The number of carbonyl (C=O) groups is 1.